The van der Waals surface area contributed by atoms with Crippen LogP contribution in [0.5, 0.6) is 0 Å². The highest BCUT2D eigenvalue weighted by Gasteiger charge is 2.34. The van der Waals surface area contributed by atoms with Gasteiger partial charge in [0.25, 0.3) is 0 Å². The second kappa shape index (κ2) is 6.16. The van der Waals surface area contributed by atoms with Gasteiger partial charge in [0.1, 0.15) is 10.7 Å². The van der Waals surface area contributed by atoms with E-state index >= 15 is 0 Å². The molecule has 1 aromatic heterocycles. The Hall–Kier alpha value is -0.0400. The molecule has 1 aromatic rings. The van der Waals surface area contributed by atoms with Crippen LogP contribution in [0.3, 0.4) is 0 Å². The zero-order chi connectivity index (χ0) is 14.0. The molecule has 0 radical (unpaired) electrons. The fraction of sp³-hybridized carbons (Fsp3) is 0.667. The summed E-state index contributed by atoms with van der Waals surface area (Å²) in [6.07, 6.45) is 3.10. The van der Waals surface area contributed by atoms with Gasteiger partial charge >= 0.3 is 0 Å². The number of halogens is 2. The average Bonchev–Trinajstić information content (AvgIpc) is 2.96. The van der Waals surface area contributed by atoms with E-state index in [0.29, 0.717) is 24.8 Å². The van der Waals surface area contributed by atoms with Gasteiger partial charge in [-0.25, -0.2) is 8.42 Å². The number of alkyl halides is 1. The molecule has 2 heterocycles. The van der Waals surface area contributed by atoms with Crippen LogP contribution in [0, 0.1) is 5.92 Å². The van der Waals surface area contributed by atoms with Crippen LogP contribution in [0.15, 0.2) is 20.0 Å². The van der Waals surface area contributed by atoms with E-state index in [1.807, 2.05) is 0 Å². The van der Waals surface area contributed by atoms with E-state index in [2.05, 4.69) is 22.9 Å². The average molecular weight is 371 g/mol. The van der Waals surface area contributed by atoms with E-state index < -0.39 is 10.0 Å². The van der Waals surface area contributed by atoms with Crippen molar-refractivity contribution in [3.63, 3.8) is 0 Å². The predicted molar refractivity (Wildman–Crippen MR) is 77.7 cm³/mol. The summed E-state index contributed by atoms with van der Waals surface area (Å²) in [7, 11) is -3.48. The van der Waals surface area contributed by atoms with Gasteiger partial charge in [-0.05, 0) is 34.7 Å². The van der Waals surface area contributed by atoms with Gasteiger partial charge in [-0.3, -0.25) is 0 Å². The van der Waals surface area contributed by atoms with Crippen molar-refractivity contribution in [1.29, 1.82) is 0 Å². The van der Waals surface area contributed by atoms with Crippen molar-refractivity contribution in [1.82, 2.24) is 4.31 Å². The van der Waals surface area contributed by atoms with Crippen LogP contribution in [0.4, 0.5) is 0 Å². The third-order valence-electron chi connectivity index (χ3n) is 3.40. The molecular formula is C12H17BrClNO3S. The number of hydrogen-bond acceptors (Lipinski definition) is 3. The number of hydrogen-bond donors (Lipinski definition) is 0. The predicted octanol–water partition coefficient (Wildman–Crippen LogP) is 3.59. The monoisotopic (exact) mass is 369 g/mol. The first kappa shape index (κ1) is 15.4. The topological polar surface area (TPSA) is 50.5 Å². The number of sulfonamides is 1. The maximum atomic E-state index is 12.5. The van der Waals surface area contributed by atoms with Gasteiger partial charge in [-0.15, -0.1) is 11.6 Å². The first-order valence-electron chi connectivity index (χ1n) is 6.33. The smallest absolute Gasteiger partial charge is 0.247 e. The lowest BCUT2D eigenvalue weighted by Crippen LogP contribution is -2.28. The summed E-state index contributed by atoms with van der Waals surface area (Å²) in [6, 6.07) is 1.50. The molecule has 0 saturated carbocycles. The zero-order valence-electron chi connectivity index (χ0n) is 10.7. The van der Waals surface area contributed by atoms with Gasteiger partial charge in [0.05, 0.1) is 5.88 Å². The molecule has 0 bridgehead atoms. The SMILES string of the molecule is CCCC1CCN(S(=O)(=O)c2cc(CCl)oc2Br)C1. The van der Waals surface area contributed by atoms with Crippen molar-refractivity contribution in [2.75, 3.05) is 13.1 Å². The summed E-state index contributed by atoms with van der Waals surface area (Å²) in [5.74, 6) is 1.08. The van der Waals surface area contributed by atoms with Gasteiger partial charge in [0.2, 0.25) is 10.0 Å². The van der Waals surface area contributed by atoms with Crippen molar-refractivity contribution in [2.45, 2.75) is 37.0 Å². The van der Waals surface area contributed by atoms with E-state index in [0.717, 1.165) is 19.3 Å². The first-order valence-corrected chi connectivity index (χ1v) is 9.10. The van der Waals surface area contributed by atoms with E-state index in [1.165, 1.54) is 6.07 Å². The minimum absolute atomic E-state index is 0.159. The van der Waals surface area contributed by atoms with Gasteiger partial charge in [-0.1, -0.05) is 13.3 Å². The molecule has 0 amide bonds. The highest BCUT2D eigenvalue weighted by Crippen LogP contribution is 2.32. The van der Waals surface area contributed by atoms with Crippen LogP contribution in [-0.4, -0.2) is 25.8 Å². The number of furan rings is 1. The molecule has 1 aliphatic rings. The summed E-state index contributed by atoms with van der Waals surface area (Å²) in [5.41, 5.74) is 0. The van der Waals surface area contributed by atoms with Crippen molar-refractivity contribution >= 4 is 37.6 Å². The molecule has 0 spiro atoms. The highest BCUT2D eigenvalue weighted by molar-refractivity contribution is 9.10. The van der Waals surface area contributed by atoms with Gasteiger partial charge in [0, 0.05) is 19.2 Å². The van der Waals surface area contributed by atoms with Crippen molar-refractivity contribution < 1.29 is 12.8 Å². The maximum Gasteiger partial charge on any atom is 0.247 e. The van der Waals surface area contributed by atoms with E-state index in [1.54, 1.807) is 4.31 Å². The summed E-state index contributed by atoms with van der Waals surface area (Å²) in [4.78, 5) is 0.181. The van der Waals surface area contributed by atoms with Gasteiger partial charge in [0.15, 0.2) is 4.67 Å². The Morgan fingerprint density at radius 3 is 2.89 bits per heavy atom. The summed E-state index contributed by atoms with van der Waals surface area (Å²) in [6.45, 7) is 3.31. The Morgan fingerprint density at radius 1 is 1.58 bits per heavy atom. The molecule has 1 saturated heterocycles. The first-order chi connectivity index (χ1) is 8.98. The Kier molecular flexibility index (Phi) is 4.98. The third kappa shape index (κ3) is 3.17. The van der Waals surface area contributed by atoms with Crippen LogP contribution in [0.2, 0.25) is 0 Å². The fourth-order valence-electron chi connectivity index (χ4n) is 2.44. The second-order valence-corrected chi connectivity index (χ2v) is 7.68. The normalized spacial score (nSPS) is 21.1. The molecule has 0 aliphatic carbocycles. The Bertz CT molecular complexity index is 543. The molecular weight excluding hydrogens is 354 g/mol. The maximum absolute atomic E-state index is 12.5. The summed E-state index contributed by atoms with van der Waals surface area (Å²) in [5, 5.41) is 0. The van der Waals surface area contributed by atoms with Crippen LogP contribution >= 0.6 is 27.5 Å². The van der Waals surface area contributed by atoms with Crippen molar-refractivity contribution in [3.05, 3.63) is 16.5 Å². The second-order valence-electron chi connectivity index (χ2n) is 4.79. The molecule has 1 atom stereocenters. The lowest BCUT2D eigenvalue weighted by Gasteiger charge is -2.15. The van der Waals surface area contributed by atoms with E-state index in [4.69, 9.17) is 16.0 Å². The molecule has 1 fully saturated rings. The molecule has 4 nitrogen and oxygen atoms in total. The van der Waals surface area contributed by atoms with Crippen LogP contribution in [0.25, 0.3) is 0 Å². The molecule has 1 aliphatic heterocycles. The fourth-order valence-corrected chi connectivity index (χ4v) is 5.06. The van der Waals surface area contributed by atoms with Crippen LogP contribution in [-0.2, 0) is 15.9 Å². The van der Waals surface area contributed by atoms with Crippen LogP contribution < -0.4 is 0 Å². The molecule has 0 N–H and O–H groups in total. The van der Waals surface area contributed by atoms with Crippen molar-refractivity contribution in [3.8, 4) is 0 Å². The quantitative estimate of drug-likeness (QED) is 0.744. The molecule has 108 valence electrons. The van der Waals surface area contributed by atoms with Crippen LogP contribution in [0.1, 0.15) is 31.9 Å². The molecule has 7 heteroatoms. The summed E-state index contributed by atoms with van der Waals surface area (Å²) < 4.78 is 32.1. The zero-order valence-corrected chi connectivity index (χ0v) is 13.9. The minimum atomic E-state index is -3.48. The molecule has 0 aromatic carbocycles. The highest BCUT2D eigenvalue weighted by atomic mass is 79.9. The van der Waals surface area contributed by atoms with Crippen molar-refractivity contribution in [2.24, 2.45) is 5.92 Å². The van der Waals surface area contributed by atoms with E-state index in [-0.39, 0.29) is 15.4 Å². The summed E-state index contributed by atoms with van der Waals surface area (Å²) >= 11 is 8.82. The van der Waals surface area contributed by atoms with Gasteiger partial charge < -0.3 is 4.42 Å². The Morgan fingerprint density at radius 2 is 2.32 bits per heavy atom. The minimum Gasteiger partial charge on any atom is -0.452 e. The molecule has 19 heavy (non-hydrogen) atoms. The van der Waals surface area contributed by atoms with Gasteiger partial charge in [-0.2, -0.15) is 4.31 Å². The number of nitrogens with zero attached hydrogens (tertiary/aromatic N) is 1. The Balaban J connectivity index is 2.21. The Labute approximate surface area is 127 Å². The number of rotatable bonds is 5. The molecule has 1 unspecified atom stereocenters. The molecule has 2 rings (SSSR count). The van der Waals surface area contributed by atoms with E-state index in [9.17, 15) is 8.42 Å². The largest absolute Gasteiger partial charge is 0.452 e. The standard InChI is InChI=1S/C12H17BrClNO3S/c1-2-3-9-4-5-15(8-9)19(16,17)11-6-10(7-14)18-12(11)13/h6,9H,2-5,7-8H2,1H3. The lowest BCUT2D eigenvalue weighted by atomic mass is 10.0. The third-order valence-corrected chi connectivity index (χ3v) is 6.39. The lowest BCUT2D eigenvalue weighted by molar-refractivity contribution is 0.441.